The van der Waals surface area contributed by atoms with Crippen molar-refractivity contribution in [2.24, 2.45) is 11.5 Å². The Bertz CT molecular complexity index is 642. The fourth-order valence-electron chi connectivity index (χ4n) is 2.46. The van der Waals surface area contributed by atoms with Crippen LogP contribution in [0.25, 0.3) is 0 Å². The predicted octanol–water partition coefficient (Wildman–Crippen LogP) is 0.581. The molecule has 10 heteroatoms. The van der Waals surface area contributed by atoms with E-state index in [9.17, 15) is 18.0 Å². The maximum absolute atomic E-state index is 12.6. The van der Waals surface area contributed by atoms with E-state index < -0.39 is 38.1 Å². The Labute approximate surface area is 148 Å². The van der Waals surface area contributed by atoms with Crippen molar-refractivity contribution in [3.8, 4) is 0 Å². The number of nitrogens with zero attached hydrogens (tertiary/aromatic N) is 1. The molecule has 0 aliphatic rings. The van der Waals surface area contributed by atoms with E-state index >= 15 is 0 Å². The first-order valence-electron chi connectivity index (χ1n) is 7.53. The number of ketones is 1. The van der Waals surface area contributed by atoms with E-state index in [1.54, 1.807) is 0 Å². The minimum Gasteiger partial charge on any atom is -0.368 e. The number of sulfone groups is 1. The highest BCUT2D eigenvalue weighted by molar-refractivity contribution is 7.92. The number of hydrogen-bond donors (Lipinski definition) is 3. The van der Waals surface area contributed by atoms with Crippen LogP contribution in [0.2, 0.25) is 0 Å². The molecule has 8 nitrogen and oxygen atoms in total. The van der Waals surface area contributed by atoms with Gasteiger partial charge in [-0.15, -0.1) is 12.4 Å². The summed E-state index contributed by atoms with van der Waals surface area (Å²) in [6.45, 7) is 3.75. The van der Waals surface area contributed by atoms with Crippen molar-refractivity contribution >= 4 is 33.9 Å². The molecule has 1 rings (SSSR count). The summed E-state index contributed by atoms with van der Waals surface area (Å²) in [7, 11) is -3.76. The van der Waals surface area contributed by atoms with Gasteiger partial charge in [-0.2, -0.15) is 5.10 Å². The maximum atomic E-state index is 12.6. The average molecular weight is 381 g/mol. The van der Waals surface area contributed by atoms with Crippen LogP contribution in [0, 0.1) is 0 Å². The highest BCUT2D eigenvalue weighted by atomic mass is 35.5. The summed E-state index contributed by atoms with van der Waals surface area (Å²) in [4.78, 5) is 24.2. The summed E-state index contributed by atoms with van der Waals surface area (Å²) in [6, 6.07) is 0. The van der Waals surface area contributed by atoms with Gasteiger partial charge in [0.25, 0.3) is 0 Å². The third-order valence-electron chi connectivity index (χ3n) is 3.76. The summed E-state index contributed by atoms with van der Waals surface area (Å²) < 4.78 is 25.3. The fraction of sp³-hybridized carbons (Fsp3) is 0.643. The Hall–Kier alpha value is -1.45. The van der Waals surface area contributed by atoms with Crippen molar-refractivity contribution in [3.63, 3.8) is 0 Å². The van der Waals surface area contributed by atoms with Crippen molar-refractivity contribution < 1.29 is 18.0 Å². The van der Waals surface area contributed by atoms with Gasteiger partial charge in [0.2, 0.25) is 5.91 Å². The van der Waals surface area contributed by atoms with Gasteiger partial charge in [0, 0.05) is 6.20 Å². The van der Waals surface area contributed by atoms with Gasteiger partial charge in [-0.05, 0) is 12.8 Å². The van der Waals surface area contributed by atoms with Crippen LogP contribution in [-0.2, 0) is 14.6 Å². The highest BCUT2D eigenvalue weighted by Gasteiger charge is 2.46. The first-order valence-corrected chi connectivity index (χ1v) is 9.24. The number of aromatic nitrogens is 2. The first-order chi connectivity index (χ1) is 10.7. The van der Waals surface area contributed by atoms with E-state index in [0.29, 0.717) is 25.7 Å². The topological polar surface area (TPSA) is 149 Å². The van der Waals surface area contributed by atoms with E-state index in [4.69, 9.17) is 11.5 Å². The van der Waals surface area contributed by atoms with Crippen LogP contribution in [0.15, 0.2) is 12.4 Å². The molecule has 1 aromatic rings. The predicted molar refractivity (Wildman–Crippen MR) is 93.7 cm³/mol. The summed E-state index contributed by atoms with van der Waals surface area (Å²) in [5, 5.41) is 5.38. The van der Waals surface area contributed by atoms with Crippen LogP contribution in [0.5, 0.6) is 0 Å². The molecule has 0 saturated carbocycles. The van der Waals surface area contributed by atoms with Gasteiger partial charge in [-0.25, -0.2) is 8.42 Å². The number of hydrogen-bond acceptors (Lipinski definition) is 6. The molecule has 0 fully saturated rings. The molecule has 0 saturated heterocycles. The Balaban J connectivity index is 0.00000529. The molecule has 0 unspecified atom stereocenters. The zero-order valence-electron chi connectivity index (χ0n) is 13.8. The molecule has 1 amide bonds. The molecule has 0 bridgehead atoms. The van der Waals surface area contributed by atoms with Gasteiger partial charge in [-0.3, -0.25) is 14.7 Å². The van der Waals surface area contributed by atoms with Gasteiger partial charge in [-0.1, -0.05) is 26.7 Å². The smallest absolute Gasteiger partial charge is 0.246 e. The molecule has 1 aromatic heterocycles. The molecule has 1 atom stereocenters. The number of carbonyl (C=O) groups is 2. The number of Topliss-reactive ketones (excluding diaryl/α,β-unsaturated/α-hetero) is 1. The van der Waals surface area contributed by atoms with Crippen LogP contribution in [0.3, 0.4) is 0 Å². The summed E-state index contributed by atoms with van der Waals surface area (Å²) >= 11 is 0. The van der Waals surface area contributed by atoms with Gasteiger partial charge in [0.1, 0.15) is 0 Å². The lowest BCUT2D eigenvalue weighted by Crippen LogP contribution is -2.63. The number of nitrogens with one attached hydrogen (secondary N) is 1. The van der Waals surface area contributed by atoms with Crippen LogP contribution < -0.4 is 11.5 Å². The Morgan fingerprint density at radius 1 is 1.29 bits per heavy atom. The molecule has 5 N–H and O–H groups in total. The van der Waals surface area contributed by atoms with E-state index in [1.165, 1.54) is 12.4 Å². The SMILES string of the molecule is CCCC(CCC)S(=O)(=O)C[C@](N)(C(N)=O)C(=O)c1cn[nH]c1.Cl. The number of amides is 1. The quantitative estimate of drug-likeness (QED) is 0.399. The summed E-state index contributed by atoms with van der Waals surface area (Å²) in [5.41, 5.74) is 8.81. The number of aromatic amines is 1. The van der Waals surface area contributed by atoms with E-state index in [1.807, 2.05) is 13.8 Å². The Kier molecular flexibility index (Phi) is 8.59. The van der Waals surface area contributed by atoms with Gasteiger partial charge in [0.15, 0.2) is 21.2 Å². The zero-order valence-corrected chi connectivity index (χ0v) is 15.5. The second-order valence-electron chi connectivity index (χ2n) is 5.66. The minimum absolute atomic E-state index is 0. The van der Waals surface area contributed by atoms with E-state index in [2.05, 4.69) is 10.2 Å². The van der Waals surface area contributed by atoms with Crippen LogP contribution in [0.4, 0.5) is 0 Å². The molecular formula is C14H25ClN4O4S. The number of rotatable bonds is 10. The number of H-pyrrole nitrogens is 1. The van der Waals surface area contributed by atoms with E-state index in [0.717, 1.165) is 0 Å². The number of halogens is 1. The van der Waals surface area contributed by atoms with Crippen LogP contribution in [-0.4, -0.2) is 46.8 Å². The normalized spacial score (nSPS) is 14.0. The molecule has 0 aliphatic heterocycles. The molecule has 0 spiro atoms. The molecule has 0 radical (unpaired) electrons. The average Bonchev–Trinajstić information content (AvgIpc) is 2.99. The number of primary amides is 1. The number of carbonyl (C=O) groups excluding carboxylic acids is 2. The molecule has 0 aliphatic carbocycles. The monoisotopic (exact) mass is 380 g/mol. The maximum Gasteiger partial charge on any atom is 0.246 e. The summed E-state index contributed by atoms with van der Waals surface area (Å²) in [5.74, 6) is -2.82. The molecule has 138 valence electrons. The Morgan fingerprint density at radius 3 is 2.21 bits per heavy atom. The van der Waals surface area contributed by atoms with Crippen molar-refractivity contribution in [1.82, 2.24) is 10.2 Å². The van der Waals surface area contributed by atoms with Crippen molar-refractivity contribution in [2.75, 3.05) is 5.75 Å². The molecule has 0 aromatic carbocycles. The van der Waals surface area contributed by atoms with Crippen molar-refractivity contribution in [3.05, 3.63) is 18.0 Å². The van der Waals surface area contributed by atoms with Gasteiger partial charge < -0.3 is 11.5 Å². The van der Waals surface area contributed by atoms with Crippen molar-refractivity contribution in [2.45, 2.75) is 50.3 Å². The second-order valence-corrected chi connectivity index (χ2v) is 7.94. The van der Waals surface area contributed by atoms with E-state index in [-0.39, 0.29) is 18.0 Å². The third kappa shape index (κ3) is 5.02. The standard InChI is InChI=1S/C14H24N4O4S.ClH/c1-3-5-11(6-4-2)23(21,22)9-14(16,13(15)20)12(19)10-7-17-18-8-10;/h7-8,11H,3-6,9,16H2,1-2H3,(H2,15,20)(H,17,18);1H/t14-;/m1./s1. The largest absolute Gasteiger partial charge is 0.368 e. The lowest BCUT2D eigenvalue weighted by atomic mass is 9.93. The Morgan fingerprint density at radius 2 is 1.83 bits per heavy atom. The van der Waals surface area contributed by atoms with Gasteiger partial charge >= 0.3 is 0 Å². The van der Waals surface area contributed by atoms with Crippen molar-refractivity contribution in [1.29, 1.82) is 0 Å². The fourth-order valence-corrected chi connectivity index (χ4v) is 4.80. The summed E-state index contributed by atoms with van der Waals surface area (Å²) in [6.07, 6.45) is 4.67. The first kappa shape index (κ1) is 22.6. The zero-order chi connectivity index (χ0) is 17.7. The lowest BCUT2D eigenvalue weighted by molar-refractivity contribution is -0.120. The molecular weight excluding hydrogens is 356 g/mol. The van der Waals surface area contributed by atoms with Crippen LogP contribution >= 0.6 is 12.4 Å². The minimum atomic E-state index is -3.76. The lowest BCUT2D eigenvalue weighted by Gasteiger charge is -2.26. The van der Waals surface area contributed by atoms with Gasteiger partial charge in [0.05, 0.1) is 22.8 Å². The number of nitrogens with two attached hydrogens (primary N) is 2. The second kappa shape index (κ2) is 9.14. The molecule has 24 heavy (non-hydrogen) atoms. The third-order valence-corrected chi connectivity index (χ3v) is 6.11. The molecule has 1 heterocycles. The van der Waals surface area contributed by atoms with Crippen LogP contribution in [0.1, 0.15) is 49.9 Å². The highest BCUT2D eigenvalue weighted by Crippen LogP contribution is 2.21.